The highest BCUT2D eigenvalue weighted by Crippen LogP contribution is 2.20. The van der Waals surface area contributed by atoms with Crippen LogP contribution in [0.4, 0.5) is 0 Å². The van der Waals surface area contributed by atoms with Gasteiger partial charge in [-0.1, -0.05) is 29.8 Å². The summed E-state index contributed by atoms with van der Waals surface area (Å²) in [5.74, 6) is -0.233. The summed E-state index contributed by atoms with van der Waals surface area (Å²) in [5, 5.41) is 0. The van der Waals surface area contributed by atoms with Crippen LogP contribution in [0.15, 0.2) is 28.7 Å². The van der Waals surface area contributed by atoms with E-state index in [2.05, 4.69) is 15.9 Å². The van der Waals surface area contributed by atoms with E-state index in [-0.39, 0.29) is 18.4 Å². The van der Waals surface area contributed by atoms with Crippen LogP contribution in [0.5, 0.6) is 5.75 Å². The molecule has 0 fully saturated rings. The Bertz CT molecular complexity index is 474. The standard InChI is InChI=1S/C14H19BrN2O3/c1-9(2)13(14(19)17(3)8-12(16)18)20-11-6-4-10(15)5-7-11/h4-7,9,13H,8H2,1-3H3,(H2,16,18)/t13-/m1/s1. The second kappa shape index (κ2) is 7.28. The number of hydrogen-bond donors (Lipinski definition) is 1. The molecule has 0 radical (unpaired) electrons. The van der Waals surface area contributed by atoms with Crippen LogP contribution in [0.25, 0.3) is 0 Å². The van der Waals surface area contributed by atoms with Crippen molar-refractivity contribution in [1.29, 1.82) is 0 Å². The summed E-state index contributed by atoms with van der Waals surface area (Å²) in [6, 6.07) is 7.23. The second-order valence-corrected chi connectivity index (χ2v) is 5.81. The molecule has 0 heterocycles. The Labute approximate surface area is 127 Å². The first-order valence-electron chi connectivity index (χ1n) is 6.26. The predicted octanol–water partition coefficient (Wildman–Crippen LogP) is 1.80. The normalized spacial score (nSPS) is 12.1. The van der Waals surface area contributed by atoms with Crippen LogP contribution in [-0.2, 0) is 9.59 Å². The summed E-state index contributed by atoms with van der Waals surface area (Å²) >= 11 is 3.34. The van der Waals surface area contributed by atoms with Crippen molar-refractivity contribution in [2.45, 2.75) is 20.0 Å². The zero-order chi connectivity index (χ0) is 15.3. The molecule has 1 aromatic rings. The predicted molar refractivity (Wildman–Crippen MR) is 80.2 cm³/mol. The summed E-state index contributed by atoms with van der Waals surface area (Å²) in [7, 11) is 1.54. The van der Waals surface area contributed by atoms with Gasteiger partial charge in [-0.2, -0.15) is 0 Å². The van der Waals surface area contributed by atoms with Gasteiger partial charge in [0, 0.05) is 11.5 Å². The molecule has 0 unspecified atom stereocenters. The van der Waals surface area contributed by atoms with Gasteiger partial charge >= 0.3 is 0 Å². The lowest BCUT2D eigenvalue weighted by atomic mass is 10.1. The zero-order valence-electron chi connectivity index (χ0n) is 11.8. The molecule has 20 heavy (non-hydrogen) atoms. The number of benzene rings is 1. The van der Waals surface area contributed by atoms with Crippen molar-refractivity contribution >= 4 is 27.7 Å². The van der Waals surface area contributed by atoms with E-state index in [4.69, 9.17) is 10.5 Å². The first-order chi connectivity index (χ1) is 9.31. The Morgan fingerprint density at radius 2 is 1.85 bits per heavy atom. The SMILES string of the molecule is CC(C)[C@@H](Oc1ccc(Br)cc1)C(=O)N(C)CC(N)=O. The average Bonchev–Trinajstić information content (AvgIpc) is 2.36. The van der Waals surface area contributed by atoms with E-state index in [0.29, 0.717) is 5.75 Å². The Balaban J connectivity index is 2.81. The molecule has 0 aliphatic rings. The quantitative estimate of drug-likeness (QED) is 0.856. The van der Waals surface area contributed by atoms with Gasteiger partial charge in [0.2, 0.25) is 5.91 Å². The lowest BCUT2D eigenvalue weighted by Gasteiger charge is -2.26. The molecule has 1 atom stereocenters. The number of nitrogens with zero attached hydrogens (tertiary/aromatic N) is 1. The molecule has 1 rings (SSSR count). The molecule has 0 aromatic heterocycles. The topological polar surface area (TPSA) is 72.6 Å². The van der Waals surface area contributed by atoms with Gasteiger partial charge in [0.1, 0.15) is 5.75 Å². The highest BCUT2D eigenvalue weighted by molar-refractivity contribution is 9.10. The maximum absolute atomic E-state index is 12.3. The van der Waals surface area contributed by atoms with Gasteiger partial charge in [-0.05, 0) is 30.2 Å². The lowest BCUT2D eigenvalue weighted by molar-refractivity contribution is -0.141. The van der Waals surface area contributed by atoms with Crippen molar-refractivity contribution in [2.75, 3.05) is 13.6 Å². The van der Waals surface area contributed by atoms with Crippen molar-refractivity contribution in [3.8, 4) is 5.75 Å². The monoisotopic (exact) mass is 342 g/mol. The summed E-state index contributed by atoms with van der Waals surface area (Å²) in [5.41, 5.74) is 5.10. The minimum atomic E-state index is -0.652. The Morgan fingerprint density at radius 1 is 1.30 bits per heavy atom. The van der Waals surface area contributed by atoms with Crippen LogP contribution in [0.3, 0.4) is 0 Å². The third-order valence-electron chi connectivity index (χ3n) is 2.69. The molecule has 2 amide bonds. The first kappa shape index (κ1) is 16.5. The van der Waals surface area contributed by atoms with Crippen LogP contribution in [0.1, 0.15) is 13.8 Å². The fraction of sp³-hybridized carbons (Fsp3) is 0.429. The van der Waals surface area contributed by atoms with Gasteiger partial charge in [-0.15, -0.1) is 0 Å². The van der Waals surface area contributed by atoms with E-state index in [9.17, 15) is 9.59 Å². The summed E-state index contributed by atoms with van der Waals surface area (Å²) < 4.78 is 6.66. The Morgan fingerprint density at radius 3 is 2.30 bits per heavy atom. The number of halogens is 1. The highest BCUT2D eigenvalue weighted by atomic mass is 79.9. The van der Waals surface area contributed by atoms with Crippen LogP contribution in [0.2, 0.25) is 0 Å². The highest BCUT2D eigenvalue weighted by Gasteiger charge is 2.27. The molecule has 0 saturated carbocycles. The van der Waals surface area contributed by atoms with Crippen molar-refractivity contribution in [3.05, 3.63) is 28.7 Å². The van der Waals surface area contributed by atoms with E-state index < -0.39 is 12.0 Å². The summed E-state index contributed by atoms with van der Waals surface area (Å²) in [4.78, 5) is 24.4. The molecular formula is C14H19BrN2O3. The number of ether oxygens (including phenoxy) is 1. The minimum Gasteiger partial charge on any atom is -0.480 e. The van der Waals surface area contributed by atoms with Gasteiger partial charge < -0.3 is 15.4 Å². The number of carbonyl (C=O) groups excluding carboxylic acids is 2. The van der Waals surface area contributed by atoms with Crippen LogP contribution in [-0.4, -0.2) is 36.4 Å². The van der Waals surface area contributed by atoms with Gasteiger partial charge in [0.05, 0.1) is 6.54 Å². The summed E-state index contributed by atoms with van der Waals surface area (Å²) in [6.07, 6.45) is -0.652. The van der Waals surface area contributed by atoms with Gasteiger partial charge in [-0.25, -0.2) is 0 Å². The van der Waals surface area contributed by atoms with Crippen molar-refractivity contribution < 1.29 is 14.3 Å². The molecule has 0 saturated heterocycles. The maximum atomic E-state index is 12.3. The molecule has 6 heteroatoms. The fourth-order valence-electron chi connectivity index (χ4n) is 1.66. The Kier molecular flexibility index (Phi) is 6.01. The smallest absolute Gasteiger partial charge is 0.264 e. The first-order valence-corrected chi connectivity index (χ1v) is 7.06. The molecule has 1 aromatic carbocycles. The average molecular weight is 343 g/mol. The molecule has 0 spiro atoms. The number of nitrogens with two attached hydrogens (primary N) is 1. The van der Waals surface area contributed by atoms with Gasteiger partial charge in [0.15, 0.2) is 6.10 Å². The zero-order valence-corrected chi connectivity index (χ0v) is 13.4. The van der Waals surface area contributed by atoms with E-state index >= 15 is 0 Å². The van der Waals surface area contributed by atoms with E-state index in [1.165, 1.54) is 11.9 Å². The van der Waals surface area contributed by atoms with Gasteiger partial charge in [0.25, 0.3) is 5.91 Å². The molecule has 0 aliphatic heterocycles. The second-order valence-electron chi connectivity index (χ2n) is 4.90. The van der Waals surface area contributed by atoms with Crippen LogP contribution in [0, 0.1) is 5.92 Å². The van der Waals surface area contributed by atoms with Crippen LogP contribution >= 0.6 is 15.9 Å². The third-order valence-corrected chi connectivity index (χ3v) is 3.22. The van der Waals surface area contributed by atoms with Crippen LogP contribution < -0.4 is 10.5 Å². The lowest BCUT2D eigenvalue weighted by Crippen LogP contribution is -2.45. The molecule has 0 aliphatic carbocycles. The largest absolute Gasteiger partial charge is 0.480 e. The fourth-order valence-corrected chi connectivity index (χ4v) is 1.92. The Hall–Kier alpha value is -1.56. The van der Waals surface area contributed by atoms with E-state index in [1.807, 2.05) is 26.0 Å². The molecule has 110 valence electrons. The number of rotatable bonds is 6. The maximum Gasteiger partial charge on any atom is 0.264 e. The van der Waals surface area contributed by atoms with E-state index in [0.717, 1.165) is 4.47 Å². The minimum absolute atomic E-state index is 0.0264. The third kappa shape index (κ3) is 4.85. The number of primary amides is 1. The molecule has 0 bridgehead atoms. The number of carbonyl (C=O) groups is 2. The van der Waals surface area contributed by atoms with Crippen molar-refractivity contribution in [3.63, 3.8) is 0 Å². The summed E-state index contributed by atoms with van der Waals surface area (Å²) in [6.45, 7) is 3.66. The molecular weight excluding hydrogens is 324 g/mol. The van der Waals surface area contributed by atoms with E-state index in [1.54, 1.807) is 12.1 Å². The number of likely N-dealkylation sites (N-methyl/N-ethyl adjacent to an activating group) is 1. The molecule has 5 nitrogen and oxygen atoms in total. The molecule has 2 N–H and O–H groups in total. The number of amides is 2. The van der Waals surface area contributed by atoms with Crippen molar-refractivity contribution in [2.24, 2.45) is 11.7 Å². The number of hydrogen-bond acceptors (Lipinski definition) is 3. The van der Waals surface area contributed by atoms with Crippen molar-refractivity contribution in [1.82, 2.24) is 4.90 Å². The van der Waals surface area contributed by atoms with Gasteiger partial charge in [-0.3, -0.25) is 9.59 Å².